The molecule has 0 radical (unpaired) electrons. The van der Waals surface area contributed by atoms with Crippen molar-refractivity contribution in [3.8, 4) is 6.07 Å². The normalized spacial score (nSPS) is 22.4. The number of nitrogens with one attached hydrogen (secondary N) is 1. The molecule has 1 saturated carbocycles. The number of aliphatic hydroxyl groups is 1. The molecule has 1 rings (SSSR count). The smallest absolute Gasteiger partial charge is 0.113 e. The Balaban J connectivity index is 2.32. The molecule has 2 N–H and O–H groups in total. The maximum Gasteiger partial charge on any atom is 0.113 e. The van der Waals surface area contributed by atoms with Gasteiger partial charge in [0.05, 0.1) is 12.7 Å². The van der Waals surface area contributed by atoms with E-state index in [0.717, 1.165) is 5.75 Å². The monoisotopic (exact) mass is 214 g/mol. The molecule has 0 saturated heterocycles. The lowest BCUT2D eigenvalue weighted by Gasteiger charge is -2.24. The van der Waals surface area contributed by atoms with Crippen molar-refractivity contribution in [1.82, 2.24) is 5.32 Å². The molecular formula is C10H18N2OS. The first-order valence-corrected chi connectivity index (χ1v) is 6.06. The minimum Gasteiger partial charge on any atom is -0.395 e. The van der Waals surface area contributed by atoms with Crippen molar-refractivity contribution in [3.05, 3.63) is 0 Å². The fourth-order valence-electron chi connectivity index (χ4n) is 1.15. The average molecular weight is 214 g/mol. The Morgan fingerprint density at radius 3 is 2.79 bits per heavy atom. The Kier molecular flexibility index (Phi) is 4.24. The van der Waals surface area contributed by atoms with Crippen LogP contribution in [0.15, 0.2) is 0 Å². The standard InChI is InChI=1S/C10H18N2OS/c1-8(5-13)14-7-10(2,6-11)12-9-3-4-9/h8-9,12-13H,3-5,7H2,1-2H3. The van der Waals surface area contributed by atoms with Gasteiger partial charge in [-0.3, -0.25) is 5.32 Å². The largest absolute Gasteiger partial charge is 0.395 e. The number of hydrogen-bond donors (Lipinski definition) is 2. The van der Waals surface area contributed by atoms with E-state index in [2.05, 4.69) is 11.4 Å². The predicted octanol–water partition coefficient (Wildman–Crippen LogP) is 1.13. The second-order valence-electron chi connectivity index (χ2n) is 4.17. The van der Waals surface area contributed by atoms with Crippen LogP contribution in [0.1, 0.15) is 26.7 Å². The lowest BCUT2D eigenvalue weighted by molar-refractivity contribution is 0.300. The molecule has 4 heteroatoms. The molecule has 2 unspecified atom stereocenters. The van der Waals surface area contributed by atoms with Gasteiger partial charge in [-0.05, 0) is 19.8 Å². The summed E-state index contributed by atoms with van der Waals surface area (Å²) in [7, 11) is 0. The molecule has 0 aromatic heterocycles. The maximum absolute atomic E-state index is 9.06. The first kappa shape index (κ1) is 11.8. The maximum atomic E-state index is 9.06. The Bertz CT molecular complexity index is 225. The Labute approximate surface area is 89.9 Å². The van der Waals surface area contributed by atoms with Gasteiger partial charge in [0.25, 0.3) is 0 Å². The molecular weight excluding hydrogens is 196 g/mol. The second-order valence-corrected chi connectivity index (χ2v) is 5.59. The molecule has 0 heterocycles. The van der Waals surface area contributed by atoms with Crippen LogP contribution in [0.3, 0.4) is 0 Å². The van der Waals surface area contributed by atoms with Crippen molar-refractivity contribution in [2.24, 2.45) is 0 Å². The van der Waals surface area contributed by atoms with Crippen LogP contribution in [0.25, 0.3) is 0 Å². The van der Waals surface area contributed by atoms with Crippen LogP contribution in [0.4, 0.5) is 0 Å². The first-order chi connectivity index (χ1) is 6.59. The molecule has 0 amide bonds. The van der Waals surface area contributed by atoms with Crippen LogP contribution < -0.4 is 5.32 Å². The molecule has 80 valence electrons. The summed E-state index contributed by atoms with van der Waals surface area (Å²) in [5.41, 5.74) is -0.435. The highest BCUT2D eigenvalue weighted by Gasteiger charge is 2.32. The van der Waals surface area contributed by atoms with Gasteiger partial charge in [-0.2, -0.15) is 17.0 Å². The number of aliphatic hydroxyl groups excluding tert-OH is 1. The predicted molar refractivity (Wildman–Crippen MR) is 59.2 cm³/mol. The summed E-state index contributed by atoms with van der Waals surface area (Å²) in [6, 6.07) is 2.86. The Morgan fingerprint density at radius 1 is 1.71 bits per heavy atom. The molecule has 1 aliphatic rings. The summed E-state index contributed by atoms with van der Waals surface area (Å²) < 4.78 is 0. The van der Waals surface area contributed by atoms with Crippen molar-refractivity contribution < 1.29 is 5.11 Å². The number of hydrogen-bond acceptors (Lipinski definition) is 4. The summed E-state index contributed by atoms with van der Waals surface area (Å²) in [5.74, 6) is 0.738. The van der Waals surface area contributed by atoms with Gasteiger partial charge in [0, 0.05) is 17.0 Å². The molecule has 0 aromatic rings. The zero-order chi connectivity index (χ0) is 10.6. The van der Waals surface area contributed by atoms with Crippen molar-refractivity contribution in [3.63, 3.8) is 0 Å². The number of nitrogens with zero attached hydrogens (tertiary/aromatic N) is 1. The number of thioether (sulfide) groups is 1. The Morgan fingerprint density at radius 2 is 2.36 bits per heavy atom. The fraction of sp³-hybridized carbons (Fsp3) is 0.900. The lowest BCUT2D eigenvalue weighted by atomic mass is 10.1. The van der Waals surface area contributed by atoms with E-state index >= 15 is 0 Å². The topological polar surface area (TPSA) is 56.0 Å². The molecule has 14 heavy (non-hydrogen) atoms. The molecule has 2 atom stereocenters. The highest BCUT2D eigenvalue weighted by molar-refractivity contribution is 8.00. The van der Waals surface area contributed by atoms with E-state index in [0.29, 0.717) is 6.04 Å². The van der Waals surface area contributed by atoms with Gasteiger partial charge < -0.3 is 5.11 Å². The van der Waals surface area contributed by atoms with Gasteiger partial charge in [0.15, 0.2) is 0 Å². The van der Waals surface area contributed by atoms with E-state index in [4.69, 9.17) is 10.4 Å². The second kappa shape index (κ2) is 5.01. The Hall–Kier alpha value is -0.240. The van der Waals surface area contributed by atoms with Crippen LogP contribution in [0, 0.1) is 11.3 Å². The fourth-order valence-corrected chi connectivity index (χ4v) is 2.02. The van der Waals surface area contributed by atoms with Crippen LogP contribution in [0.5, 0.6) is 0 Å². The van der Waals surface area contributed by atoms with Crippen LogP contribution in [-0.2, 0) is 0 Å². The molecule has 1 fully saturated rings. The minimum atomic E-state index is -0.435. The van der Waals surface area contributed by atoms with Crippen LogP contribution >= 0.6 is 11.8 Å². The summed E-state index contributed by atoms with van der Waals surface area (Å²) >= 11 is 1.64. The summed E-state index contributed by atoms with van der Waals surface area (Å²) in [5, 5.41) is 21.5. The quantitative estimate of drug-likeness (QED) is 0.696. The van der Waals surface area contributed by atoms with Crippen molar-refractivity contribution in [2.75, 3.05) is 12.4 Å². The molecule has 0 aliphatic heterocycles. The van der Waals surface area contributed by atoms with Gasteiger partial charge >= 0.3 is 0 Å². The van der Waals surface area contributed by atoms with E-state index in [1.165, 1.54) is 12.8 Å². The van der Waals surface area contributed by atoms with Crippen molar-refractivity contribution in [2.45, 2.75) is 43.5 Å². The van der Waals surface area contributed by atoms with Gasteiger partial charge in [0.2, 0.25) is 0 Å². The van der Waals surface area contributed by atoms with E-state index in [-0.39, 0.29) is 11.9 Å². The third-order valence-electron chi connectivity index (χ3n) is 2.26. The molecule has 0 spiro atoms. The van der Waals surface area contributed by atoms with Gasteiger partial charge in [-0.1, -0.05) is 6.92 Å². The van der Waals surface area contributed by atoms with Crippen molar-refractivity contribution >= 4 is 11.8 Å². The zero-order valence-corrected chi connectivity index (χ0v) is 9.60. The SMILES string of the molecule is CC(CO)SCC(C)(C#N)NC1CC1. The molecule has 3 nitrogen and oxygen atoms in total. The molecule has 0 bridgehead atoms. The van der Waals surface area contributed by atoms with E-state index in [9.17, 15) is 0 Å². The number of rotatable bonds is 6. The van der Waals surface area contributed by atoms with Gasteiger partial charge in [-0.25, -0.2) is 0 Å². The van der Waals surface area contributed by atoms with Gasteiger partial charge in [-0.15, -0.1) is 0 Å². The minimum absolute atomic E-state index is 0.176. The summed E-state index contributed by atoms with van der Waals surface area (Å²) in [6.07, 6.45) is 2.38. The third-order valence-corrected chi connectivity index (χ3v) is 3.72. The highest BCUT2D eigenvalue weighted by Crippen LogP contribution is 2.25. The van der Waals surface area contributed by atoms with Gasteiger partial charge in [0.1, 0.15) is 5.54 Å². The third kappa shape index (κ3) is 3.87. The summed E-state index contributed by atoms with van der Waals surface area (Å²) in [6.45, 7) is 4.08. The first-order valence-electron chi connectivity index (χ1n) is 5.01. The van der Waals surface area contributed by atoms with E-state index < -0.39 is 5.54 Å². The van der Waals surface area contributed by atoms with E-state index in [1.807, 2.05) is 13.8 Å². The van der Waals surface area contributed by atoms with Crippen LogP contribution in [-0.4, -0.2) is 34.3 Å². The number of nitriles is 1. The lowest BCUT2D eigenvalue weighted by Crippen LogP contribution is -2.45. The van der Waals surface area contributed by atoms with Crippen molar-refractivity contribution in [1.29, 1.82) is 5.26 Å². The molecule has 1 aliphatic carbocycles. The highest BCUT2D eigenvalue weighted by atomic mass is 32.2. The summed E-state index contributed by atoms with van der Waals surface area (Å²) in [4.78, 5) is 0. The zero-order valence-electron chi connectivity index (χ0n) is 8.79. The molecule has 0 aromatic carbocycles. The average Bonchev–Trinajstić information content (AvgIpc) is 2.98. The van der Waals surface area contributed by atoms with Crippen LogP contribution in [0.2, 0.25) is 0 Å². The van der Waals surface area contributed by atoms with E-state index in [1.54, 1.807) is 11.8 Å².